The third-order valence-electron chi connectivity index (χ3n) is 6.47. The lowest BCUT2D eigenvalue weighted by molar-refractivity contribution is 0.463. The van der Waals surface area contributed by atoms with Crippen molar-refractivity contribution in [3.8, 4) is 33.9 Å². The summed E-state index contributed by atoms with van der Waals surface area (Å²) in [7, 11) is -2.22. The molecule has 0 amide bonds. The second kappa shape index (κ2) is 7.83. The maximum Gasteiger partial charge on any atom is 0.219 e. The van der Waals surface area contributed by atoms with Gasteiger partial charge in [0.2, 0.25) is 5.88 Å². The molecule has 0 saturated carbocycles. The highest BCUT2D eigenvalue weighted by atomic mass is 28.3. The van der Waals surface area contributed by atoms with Gasteiger partial charge in [0, 0.05) is 23.8 Å². The van der Waals surface area contributed by atoms with Crippen molar-refractivity contribution in [1.82, 2.24) is 9.97 Å². The molecule has 3 nitrogen and oxygen atoms in total. The first kappa shape index (κ1) is 18.5. The lowest BCUT2D eigenvalue weighted by atomic mass is 10.0. The van der Waals surface area contributed by atoms with E-state index in [-0.39, 0.29) is 0 Å². The lowest BCUT2D eigenvalue weighted by Crippen LogP contribution is -2.63. The summed E-state index contributed by atoms with van der Waals surface area (Å²) in [6.07, 6.45) is 3.39. The first-order valence-electron chi connectivity index (χ1n) is 11.5. The van der Waals surface area contributed by atoms with Crippen molar-refractivity contribution in [3.63, 3.8) is 0 Å². The summed E-state index contributed by atoms with van der Waals surface area (Å²) in [4.78, 5) is 9.01. The molecule has 0 spiro atoms. The van der Waals surface area contributed by atoms with E-state index in [0.29, 0.717) is 11.9 Å². The molecule has 2 aromatic heterocycles. The third kappa shape index (κ3) is 3.27. The van der Waals surface area contributed by atoms with Crippen LogP contribution in [0.4, 0.5) is 0 Å². The van der Waals surface area contributed by atoms with Gasteiger partial charge in [0.05, 0.1) is 1.37 Å². The molecule has 1 unspecified atom stereocenters. The number of pyridine rings is 2. The van der Waals surface area contributed by atoms with E-state index in [1.165, 1.54) is 33.0 Å². The highest BCUT2D eigenvalue weighted by molar-refractivity contribution is 7.13. The fraction of sp³-hybridized carbons (Fsp3) is 0.0345. The highest BCUT2D eigenvalue weighted by Crippen LogP contribution is 2.32. The van der Waals surface area contributed by atoms with Crippen LogP contribution >= 0.6 is 0 Å². The Morgan fingerprint density at radius 1 is 0.697 bits per heavy atom. The summed E-state index contributed by atoms with van der Waals surface area (Å²) in [5, 5.41) is 3.99. The Balaban J connectivity index is 1.44. The molecule has 6 rings (SSSR count). The molecule has 4 heteroatoms. The standard InChI is InChI=1S/C29H22N2OSi/c1-33(29-14-5-7-18-31-29)26-12-3-2-11-24(26)25-16-15-22(20-27(25)33)21-9-8-10-23(19-21)32-28-13-4-6-17-30-28/h2-20H,1H3/i6D. The van der Waals surface area contributed by atoms with Crippen molar-refractivity contribution in [3.05, 3.63) is 115 Å². The number of fused-ring (bicyclic) bond motifs is 3. The fourth-order valence-corrected chi connectivity index (χ4v) is 8.82. The summed E-state index contributed by atoms with van der Waals surface area (Å²) in [6, 6.07) is 33.7. The van der Waals surface area contributed by atoms with Crippen molar-refractivity contribution in [2.45, 2.75) is 6.55 Å². The summed E-state index contributed by atoms with van der Waals surface area (Å²) in [5.74, 6) is 1.20. The van der Waals surface area contributed by atoms with Crippen molar-refractivity contribution in [2.75, 3.05) is 0 Å². The molecular weight excluding hydrogens is 420 g/mol. The van der Waals surface area contributed by atoms with E-state index in [2.05, 4.69) is 72.2 Å². The summed E-state index contributed by atoms with van der Waals surface area (Å²) < 4.78 is 13.6. The first-order valence-corrected chi connectivity index (χ1v) is 13.5. The molecule has 3 heterocycles. The Morgan fingerprint density at radius 2 is 1.55 bits per heavy atom. The molecule has 3 aromatic carbocycles. The number of nitrogens with zero attached hydrogens (tertiary/aromatic N) is 2. The van der Waals surface area contributed by atoms with Gasteiger partial charge in [-0.2, -0.15) is 0 Å². The van der Waals surface area contributed by atoms with E-state index >= 15 is 0 Å². The molecule has 0 bridgehead atoms. The Bertz CT molecular complexity index is 1500. The molecule has 1 atom stereocenters. The largest absolute Gasteiger partial charge is 0.439 e. The molecule has 0 radical (unpaired) electrons. The van der Waals surface area contributed by atoms with Crippen LogP contribution in [0, 0.1) is 0 Å². The molecule has 0 saturated heterocycles. The Hall–Kier alpha value is -4.02. The average molecular weight is 444 g/mol. The minimum absolute atomic E-state index is 0.361. The van der Waals surface area contributed by atoms with Gasteiger partial charge in [0.25, 0.3) is 0 Å². The van der Waals surface area contributed by atoms with Crippen LogP contribution < -0.4 is 20.4 Å². The molecule has 1 aliphatic rings. The minimum atomic E-state index is -2.22. The molecule has 1 aliphatic heterocycles. The normalized spacial score (nSPS) is 16.6. The van der Waals surface area contributed by atoms with Gasteiger partial charge < -0.3 is 4.74 Å². The molecule has 33 heavy (non-hydrogen) atoms. The zero-order valence-corrected chi connectivity index (χ0v) is 19.2. The van der Waals surface area contributed by atoms with Crippen LogP contribution in [0.1, 0.15) is 1.37 Å². The van der Waals surface area contributed by atoms with E-state index in [1.807, 2.05) is 30.5 Å². The number of benzene rings is 3. The highest BCUT2D eigenvalue weighted by Gasteiger charge is 2.44. The van der Waals surface area contributed by atoms with Gasteiger partial charge in [-0.1, -0.05) is 73.3 Å². The minimum Gasteiger partial charge on any atom is -0.439 e. The van der Waals surface area contributed by atoms with Gasteiger partial charge in [-0.25, -0.2) is 4.98 Å². The Labute approximate surface area is 195 Å². The first-order chi connectivity index (χ1) is 16.6. The van der Waals surface area contributed by atoms with Gasteiger partial charge >= 0.3 is 0 Å². The fourth-order valence-electron chi connectivity index (χ4n) is 4.83. The maximum absolute atomic E-state index is 7.60. The van der Waals surface area contributed by atoms with E-state index in [1.54, 1.807) is 12.1 Å². The van der Waals surface area contributed by atoms with Crippen LogP contribution in [0.15, 0.2) is 115 Å². The third-order valence-corrected chi connectivity index (χ3v) is 10.8. The lowest BCUT2D eigenvalue weighted by Gasteiger charge is -2.24. The molecule has 0 fully saturated rings. The topological polar surface area (TPSA) is 35.0 Å². The van der Waals surface area contributed by atoms with Crippen molar-refractivity contribution >= 4 is 23.8 Å². The van der Waals surface area contributed by atoms with Gasteiger partial charge in [0.1, 0.15) is 5.75 Å². The number of hydrogen-bond acceptors (Lipinski definition) is 3. The van der Waals surface area contributed by atoms with Gasteiger partial charge in [-0.3, -0.25) is 4.98 Å². The molecule has 0 N–H and O–H groups in total. The second-order valence-corrected chi connectivity index (χ2v) is 12.2. The molecule has 5 aromatic rings. The number of rotatable bonds is 4. The SMILES string of the molecule is [2H]c1ccc(Oc2cccc(-c3ccc4c(c3)[Si](C)(c3ccccn3)c3ccccc3-4)c2)nc1. The van der Waals surface area contributed by atoms with Crippen LogP contribution in [-0.2, 0) is 0 Å². The zero-order valence-electron chi connectivity index (χ0n) is 19.2. The van der Waals surface area contributed by atoms with Crippen molar-refractivity contribution in [1.29, 1.82) is 0 Å². The van der Waals surface area contributed by atoms with Crippen LogP contribution in [0.25, 0.3) is 22.3 Å². The predicted octanol–water partition coefficient (Wildman–Crippen LogP) is 5.02. The number of aromatic nitrogens is 2. The van der Waals surface area contributed by atoms with E-state index < -0.39 is 8.07 Å². The van der Waals surface area contributed by atoms with Crippen LogP contribution in [0.3, 0.4) is 0 Å². The van der Waals surface area contributed by atoms with Crippen LogP contribution in [0.5, 0.6) is 11.6 Å². The van der Waals surface area contributed by atoms with Crippen molar-refractivity contribution < 1.29 is 6.11 Å². The maximum atomic E-state index is 7.60. The molecular formula is C29H22N2OSi. The van der Waals surface area contributed by atoms with Crippen molar-refractivity contribution in [2.24, 2.45) is 0 Å². The van der Waals surface area contributed by atoms with E-state index in [9.17, 15) is 0 Å². The van der Waals surface area contributed by atoms with E-state index in [0.717, 1.165) is 16.9 Å². The zero-order chi connectivity index (χ0) is 23.1. The molecule has 158 valence electrons. The number of hydrogen-bond donors (Lipinski definition) is 0. The van der Waals surface area contributed by atoms with Crippen LogP contribution in [0.2, 0.25) is 6.55 Å². The van der Waals surface area contributed by atoms with Crippen LogP contribution in [-0.4, -0.2) is 18.0 Å². The van der Waals surface area contributed by atoms with Gasteiger partial charge in [-0.15, -0.1) is 0 Å². The molecule has 0 aliphatic carbocycles. The van der Waals surface area contributed by atoms with Gasteiger partial charge in [-0.05, 0) is 62.9 Å². The smallest absolute Gasteiger partial charge is 0.219 e. The number of ether oxygens (including phenoxy) is 1. The Morgan fingerprint density at radius 3 is 2.39 bits per heavy atom. The monoisotopic (exact) mass is 443 g/mol. The Kier molecular flexibility index (Phi) is 4.40. The summed E-state index contributed by atoms with van der Waals surface area (Å²) in [6.45, 7) is 2.41. The second-order valence-electron chi connectivity index (χ2n) is 8.37. The quantitative estimate of drug-likeness (QED) is 0.366. The van der Waals surface area contributed by atoms with Gasteiger partial charge in [0.15, 0.2) is 8.07 Å². The summed E-state index contributed by atoms with van der Waals surface area (Å²) >= 11 is 0. The summed E-state index contributed by atoms with van der Waals surface area (Å²) in [5.41, 5.74) is 4.88. The predicted molar refractivity (Wildman–Crippen MR) is 136 cm³/mol. The van der Waals surface area contributed by atoms with E-state index in [4.69, 9.17) is 11.1 Å². The average Bonchev–Trinajstić information content (AvgIpc) is 3.15.